The lowest BCUT2D eigenvalue weighted by Crippen LogP contribution is -2.09. The minimum Gasteiger partial charge on any atom is -0.399 e. The molecule has 0 amide bonds. The van der Waals surface area contributed by atoms with E-state index in [1.165, 1.54) is 12.1 Å². The molecule has 5 heteroatoms. The van der Waals surface area contributed by atoms with E-state index < -0.39 is 9.84 Å². The third kappa shape index (κ3) is 3.39. The molecule has 0 saturated carbocycles. The van der Waals surface area contributed by atoms with E-state index in [0.717, 1.165) is 22.3 Å². The van der Waals surface area contributed by atoms with Crippen molar-refractivity contribution in [3.05, 3.63) is 57.6 Å². The molecule has 0 aromatic heterocycles. The first-order valence-electron chi connectivity index (χ1n) is 6.55. The summed E-state index contributed by atoms with van der Waals surface area (Å²) in [7, 11) is -3.54. The standard InChI is InChI=1S/C16H18ClNO2S/c1-10-6-11(2)14(12(3)7-10)9-21(19,20)16-8-13(18)4-5-15(16)17/h4-8H,9,18H2,1-3H3. The van der Waals surface area contributed by atoms with Crippen LogP contribution in [0.2, 0.25) is 5.02 Å². The zero-order valence-electron chi connectivity index (χ0n) is 12.3. The molecule has 0 saturated heterocycles. The van der Waals surface area contributed by atoms with Crippen LogP contribution in [0.3, 0.4) is 0 Å². The third-order valence-corrected chi connectivity index (χ3v) is 5.58. The molecule has 0 aliphatic heterocycles. The van der Waals surface area contributed by atoms with Crippen LogP contribution < -0.4 is 5.73 Å². The summed E-state index contributed by atoms with van der Waals surface area (Å²) in [6, 6.07) is 8.48. The molecular weight excluding hydrogens is 306 g/mol. The molecule has 3 nitrogen and oxygen atoms in total. The molecule has 0 fully saturated rings. The maximum Gasteiger partial charge on any atom is 0.184 e. The van der Waals surface area contributed by atoms with Gasteiger partial charge in [0.2, 0.25) is 0 Å². The second-order valence-electron chi connectivity index (χ2n) is 5.33. The minimum absolute atomic E-state index is 0.0753. The van der Waals surface area contributed by atoms with Gasteiger partial charge in [-0.05, 0) is 55.7 Å². The number of nitrogen functional groups attached to an aromatic ring is 1. The van der Waals surface area contributed by atoms with Gasteiger partial charge in [0.25, 0.3) is 0 Å². The van der Waals surface area contributed by atoms with Crippen LogP contribution in [0.1, 0.15) is 22.3 Å². The van der Waals surface area contributed by atoms with Crippen molar-refractivity contribution >= 4 is 27.1 Å². The summed E-state index contributed by atoms with van der Waals surface area (Å²) in [5.41, 5.74) is 9.93. The minimum atomic E-state index is -3.54. The summed E-state index contributed by atoms with van der Waals surface area (Å²) in [5, 5.41) is 0.201. The van der Waals surface area contributed by atoms with E-state index in [0.29, 0.717) is 5.69 Å². The lowest BCUT2D eigenvalue weighted by molar-refractivity contribution is 0.595. The summed E-state index contributed by atoms with van der Waals surface area (Å²) < 4.78 is 25.2. The van der Waals surface area contributed by atoms with Crippen LogP contribution in [-0.4, -0.2) is 8.42 Å². The molecule has 0 aliphatic rings. The van der Waals surface area contributed by atoms with Gasteiger partial charge in [0.1, 0.15) is 0 Å². The average molecular weight is 324 g/mol. The molecule has 21 heavy (non-hydrogen) atoms. The van der Waals surface area contributed by atoms with Crippen molar-refractivity contribution in [2.75, 3.05) is 5.73 Å². The number of rotatable bonds is 3. The zero-order chi connectivity index (χ0) is 15.8. The first-order valence-corrected chi connectivity index (χ1v) is 8.58. The van der Waals surface area contributed by atoms with Crippen LogP contribution >= 0.6 is 11.6 Å². The van der Waals surface area contributed by atoms with Gasteiger partial charge in [-0.2, -0.15) is 0 Å². The Morgan fingerprint density at radius 2 is 1.62 bits per heavy atom. The van der Waals surface area contributed by atoms with Gasteiger partial charge in [0.05, 0.1) is 15.7 Å². The van der Waals surface area contributed by atoms with Crippen molar-refractivity contribution in [1.29, 1.82) is 0 Å². The maximum absolute atomic E-state index is 12.6. The molecular formula is C16H18ClNO2S. The first-order chi connectivity index (χ1) is 9.70. The third-order valence-electron chi connectivity index (χ3n) is 3.47. The fourth-order valence-electron chi connectivity index (χ4n) is 2.46. The van der Waals surface area contributed by atoms with Crippen molar-refractivity contribution in [2.45, 2.75) is 31.4 Å². The highest BCUT2D eigenvalue weighted by atomic mass is 35.5. The van der Waals surface area contributed by atoms with E-state index in [1.54, 1.807) is 6.07 Å². The Morgan fingerprint density at radius 3 is 2.19 bits per heavy atom. The lowest BCUT2D eigenvalue weighted by Gasteiger charge is -2.13. The van der Waals surface area contributed by atoms with Crippen molar-refractivity contribution in [3.8, 4) is 0 Å². The Bertz CT molecular complexity index is 775. The molecule has 0 unspecified atom stereocenters. The van der Waals surface area contributed by atoms with E-state index in [1.807, 2.05) is 32.9 Å². The second-order valence-corrected chi connectivity index (χ2v) is 7.69. The lowest BCUT2D eigenvalue weighted by atomic mass is 10.0. The Hall–Kier alpha value is -1.52. The molecule has 2 aromatic rings. The van der Waals surface area contributed by atoms with Crippen LogP contribution in [-0.2, 0) is 15.6 Å². The van der Waals surface area contributed by atoms with Gasteiger partial charge in [-0.3, -0.25) is 0 Å². The molecule has 0 spiro atoms. The van der Waals surface area contributed by atoms with Gasteiger partial charge < -0.3 is 5.73 Å². The predicted octanol–water partition coefficient (Wildman–Crippen LogP) is 3.82. The van der Waals surface area contributed by atoms with Crippen LogP contribution in [0.5, 0.6) is 0 Å². The number of hydrogen-bond donors (Lipinski definition) is 1. The van der Waals surface area contributed by atoms with Crippen molar-refractivity contribution in [1.82, 2.24) is 0 Å². The van der Waals surface area contributed by atoms with E-state index in [-0.39, 0.29) is 15.7 Å². The molecule has 0 heterocycles. The fraction of sp³-hybridized carbons (Fsp3) is 0.250. The SMILES string of the molecule is Cc1cc(C)c(CS(=O)(=O)c2cc(N)ccc2Cl)c(C)c1. The molecule has 0 aliphatic carbocycles. The molecule has 2 aromatic carbocycles. The number of sulfone groups is 1. The van der Waals surface area contributed by atoms with E-state index >= 15 is 0 Å². The monoisotopic (exact) mass is 323 g/mol. The Balaban J connectivity index is 2.50. The van der Waals surface area contributed by atoms with Gasteiger partial charge >= 0.3 is 0 Å². The summed E-state index contributed by atoms with van der Waals surface area (Å²) in [5.74, 6) is -0.0753. The number of aryl methyl sites for hydroxylation is 3. The van der Waals surface area contributed by atoms with Crippen LogP contribution in [0, 0.1) is 20.8 Å². The first kappa shape index (κ1) is 15.9. The van der Waals surface area contributed by atoms with Crippen LogP contribution in [0.4, 0.5) is 5.69 Å². The van der Waals surface area contributed by atoms with Crippen molar-refractivity contribution < 1.29 is 8.42 Å². The molecule has 0 bridgehead atoms. The fourth-order valence-corrected chi connectivity index (χ4v) is 4.61. The highest BCUT2D eigenvalue weighted by Gasteiger charge is 2.21. The summed E-state index contributed by atoms with van der Waals surface area (Å²) in [6.07, 6.45) is 0. The molecule has 2 N–H and O–H groups in total. The zero-order valence-corrected chi connectivity index (χ0v) is 13.8. The van der Waals surface area contributed by atoms with Gasteiger partial charge in [-0.25, -0.2) is 8.42 Å². The van der Waals surface area contributed by atoms with Gasteiger partial charge in [0.15, 0.2) is 9.84 Å². The normalized spacial score (nSPS) is 11.6. The summed E-state index contributed by atoms with van der Waals surface area (Å²) in [6.45, 7) is 5.84. The van der Waals surface area contributed by atoms with Gasteiger partial charge in [0, 0.05) is 5.69 Å². The van der Waals surface area contributed by atoms with Gasteiger partial charge in [-0.15, -0.1) is 0 Å². The smallest absolute Gasteiger partial charge is 0.184 e. The largest absolute Gasteiger partial charge is 0.399 e. The Morgan fingerprint density at radius 1 is 1.05 bits per heavy atom. The van der Waals surface area contributed by atoms with Crippen molar-refractivity contribution in [2.24, 2.45) is 0 Å². The highest BCUT2D eigenvalue weighted by Crippen LogP contribution is 2.28. The number of anilines is 1. The summed E-state index contributed by atoms with van der Waals surface area (Å²) in [4.78, 5) is 0.0866. The second kappa shape index (κ2) is 5.70. The predicted molar refractivity (Wildman–Crippen MR) is 87.4 cm³/mol. The number of hydrogen-bond acceptors (Lipinski definition) is 3. The van der Waals surface area contributed by atoms with Gasteiger partial charge in [-0.1, -0.05) is 29.3 Å². The molecule has 2 rings (SSSR count). The maximum atomic E-state index is 12.6. The van der Waals surface area contributed by atoms with Crippen molar-refractivity contribution in [3.63, 3.8) is 0 Å². The van der Waals surface area contributed by atoms with E-state index in [4.69, 9.17) is 17.3 Å². The number of halogens is 1. The molecule has 112 valence electrons. The Kier molecular flexibility index (Phi) is 4.30. The molecule has 0 atom stereocenters. The summed E-state index contributed by atoms with van der Waals surface area (Å²) >= 11 is 6.02. The Labute approximate surface area is 130 Å². The van der Waals surface area contributed by atoms with Crippen LogP contribution in [0.15, 0.2) is 35.2 Å². The van der Waals surface area contributed by atoms with E-state index in [9.17, 15) is 8.42 Å². The molecule has 0 radical (unpaired) electrons. The number of nitrogens with two attached hydrogens (primary N) is 1. The average Bonchev–Trinajstić information content (AvgIpc) is 2.36. The van der Waals surface area contributed by atoms with Crippen LogP contribution in [0.25, 0.3) is 0 Å². The van der Waals surface area contributed by atoms with E-state index in [2.05, 4.69) is 0 Å². The highest BCUT2D eigenvalue weighted by molar-refractivity contribution is 7.90. The number of benzene rings is 2. The quantitative estimate of drug-likeness (QED) is 0.873. The topological polar surface area (TPSA) is 60.2 Å².